The van der Waals surface area contributed by atoms with Crippen LogP contribution in [-0.4, -0.2) is 25.8 Å². The van der Waals surface area contributed by atoms with Crippen molar-refractivity contribution in [3.63, 3.8) is 0 Å². The molecule has 158 valence electrons. The van der Waals surface area contributed by atoms with Crippen LogP contribution in [0.4, 0.5) is 10.3 Å². The lowest BCUT2D eigenvalue weighted by Crippen LogP contribution is -2.30. The van der Waals surface area contributed by atoms with Gasteiger partial charge in [-0.3, -0.25) is 4.79 Å². The Morgan fingerprint density at radius 1 is 1.00 bits per heavy atom. The number of carbonyl (C=O) groups excluding carboxylic acids is 1. The molecule has 1 amide bonds. The van der Waals surface area contributed by atoms with Gasteiger partial charge in [0.2, 0.25) is 0 Å². The van der Waals surface area contributed by atoms with E-state index in [1.807, 2.05) is 44.2 Å². The summed E-state index contributed by atoms with van der Waals surface area (Å²) in [6, 6.07) is 9.28. The molecule has 0 aliphatic rings. The molecule has 5 N–H and O–H groups in total. The molecule has 1 unspecified atom stereocenters. The van der Waals surface area contributed by atoms with Crippen molar-refractivity contribution in [2.75, 3.05) is 11.5 Å². The minimum atomic E-state index is -0.324. The van der Waals surface area contributed by atoms with Gasteiger partial charge in [0.05, 0.1) is 27.9 Å². The molecule has 0 fully saturated rings. The molecule has 4 rings (SSSR count). The third kappa shape index (κ3) is 4.70. The zero-order chi connectivity index (χ0) is 22.0. The maximum absolute atomic E-state index is 13.0. The first-order chi connectivity index (χ1) is 14.9. The first-order valence-corrected chi connectivity index (χ1v) is 11.2. The van der Waals surface area contributed by atoms with Gasteiger partial charge in [0.1, 0.15) is 0 Å². The summed E-state index contributed by atoms with van der Waals surface area (Å²) in [6.45, 7) is 3.79. The van der Waals surface area contributed by atoms with Crippen molar-refractivity contribution < 1.29 is 4.79 Å². The van der Waals surface area contributed by atoms with Crippen molar-refractivity contribution in [3.8, 4) is 11.4 Å². The van der Waals surface area contributed by atoms with Crippen molar-refractivity contribution >= 4 is 38.8 Å². The number of nitrogens with two attached hydrogens (primary N) is 2. The lowest BCUT2D eigenvalue weighted by molar-refractivity contribution is 0.0936. The highest BCUT2D eigenvalue weighted by Gasteiger charge is 2.23. The summed E-state index contributed by atoms with van der Waals surface area (Å²) in [5, 5.41) is 4.05. The summed E-state index contributed by atoms with van der Waals surface area (Å²) in [5.74, 6) is 0.293. The molecular weight excluding hydrogens is 430 g/mol. The highest BCUT2D eigenvalue weighted by Crippen LogP contribution is 2.32. The highest BCUT2D eigenvalue weighted by atomic mass is 32.1. The largest absolute Gasteiger partial charge is 0.375 e. The third-order valence-electron chi connectivity index (χ3n) is 4.72. The molecule has 3 heterocycles. The van der Waals surface area contributed by atoms with Gasteiger partial charge in [-0.25, -0.2) is 19.9 Å². The van der Waals surface area contributed by atoms with Crippen LogP contribution in [0, 0.1) is 13.8 Å². The number of anilines is 2. The van der Waals surface area contributed by atoms with Crippen molar-refractivity contribution in [1.29, 1.82) is 0 Å². The summed E-state index contributed by atoms with van der Waals surface area (Å²) in [6.07, 6.45) is 3.61. The third-order valence-corrected chi connectivity index (χ3v) is 6.82. The number of amides is 1. The fourth-order valence-corrected chi connectivity index (χ4v) is 4.97. The van der Waals surface area contributed by atoms with Crippen LogP contribution in [0.15, 0.2) is 42.7 Å². The van der Waals surface area contributed by atoms with Crippen LogP contribution < -0.4 is 16.8 Å². The summed E-state index contributed by atoms with van der Waals surface area (Å²) < 4.78 is 0. The van der Waals surface area contributed by atoms with E-state index in [4.69, 9.17) is 11.5 Å². The summed E-state index contributed by atoms with van der Waals surface area (Å²) in [4.78, 5) is 32.2. The van der Waals surface area contributed by atoms with Gasteiger partial charge in [-0.1, -0.05) is 41.7 Å². The van der Waals surface area contributed by atoms with E-state index < -0.39 is 0 Å². The van der Waals surface area contributed by atoms with Crippen molar-refractivity contribution in [3.05, 3.63) is 69.4 Å². The highest BCUT2D eigenvalue weighted by molar-refractivity contribution is 7.16. The molecule has 0 saturated heterocycles. The van der Waals surface area contributed by atoms with E-state index in [0.29, 0.717) is 28.1 Å². The monoisotopic (exact) mass is 451 g/mol. The fraction of sp³-hybridized carbons (Fsp3) is 0.190. The van der Waals surface area contributed by atoms with Crippen molar-refractivity contribution in [2.24, 2.45) is 0 Å². The molecule has 8 nitrogen and oxygen atoms in total. The summed E-state index contributed by atoms with van der Waals surface area (Å²) in [5.41, 5.74) is 14.7. The first-order valence-electron chi connectivity index (χ1n) is 9.53. The summed E-state index contributed by atoms with van der Waals surface area (Å²) in [7, 11) is 0. The van der Waals surface area contributed by atoms with E-state index in [1.54, 1.807) is 0 Å². The Morgan fingerprint density at radius 2 is 1.65 bits per heavy atom. The minimum Gasteiger partial charge on any atom is -0.375 e. The fourth-order valence-electron chi connectivity index (χ4n) is 3.21. The Bertz CT molecular complexity index is 1200. The normalized spacial score (nSPS) is 11.9. The smallest absolute Gasteiger partial charge is 0.254 e. The molecule has 1 aromatic carbocycles. The van der Waals surface area contributed by atoms with Gasteiger partial charge in [-0.2, -0.15) is 0 Å². The number of rotatable bonds is 6. The van der Waals surface area contributed by atoms with Gasteiger partial charge in [-0.05, 0) is 13.8 Å². The number of benzene rings is 1. The first kappa shape index (κ1) is 20.9. The van der Waals surface area contributed by atoms with Crippen LogP contribution in [0.3, 0.4) is 0 Å². The van der Waals surface area contributed by atoms with E-state index in [9.17, 15) is 4.79 Å². The Kier molecular flexibility index (Phi) is 5.92. The number of nitrogen functional groups attached to an aromatic ring is 2. The number of aryl methyl sites for hydroxylation is 2. The summed E-state index contributed by atoms with van der Waals surface area (Å²) >= 11 is 2.78. The molecule has 10 heteroatoms. The van der Waals surface area contributed by atoms with Gasteiger partial charge in [0.15, 0.2) is 16.1 Å². The molecule has 0 saturated carbocycles. The van der Waals surface area contributed by atoms with Crippen LogP contribution in [0.5, 0.6) is 0 Å². The Hall–Kier alpha value is -3.37. The van der Waals surface area contributed by atoms with E-state index >= 15 is 0 Å². The molecule has 0 bridgehead atoms. The second-order valence-corrected chi connectivity index (χ2v) is 9.13. The molecule has 0 spiro atoms. The number of hydrogen-bond donors (Lipinski definition) is 3. The van der Waals surface area contributed by atoms with Gasteiger partial charge in [-0.15, -0.1) is 11.3 Å². The van der Waals surface area contributed by atoms with Gasteiger partial charge >= 0.3 is 0 Å². The molecule has 0 aliphatic carbocycles. The quantitative estimate of drug-likeness (QED) is 0.408. The average Bonchev–Trinajstić information content (AvgIpc) is 3.27. The van der Waals surface area contributed by atoms with Crippen LogP contribution in [0.1, 0.15) is 37.5 Å². The number of thiazole rings is 2. The second-order valence-electron chi connectivity index (χ2n) is 6.95. The van der Waals surface area contributed by atoms with Crippen LogP contribution >= 0.6 is 22.7 Å². The SMILES string of the molecule is Cc1nc(N)sc1CC(NC(=O)c1cnc(-c2ccccc2)nc1)c1sc(N)nc1C. The molecule has 4 aromatic rings. The Balaban J connectivity index is 1.58. The zero-order valence-corrected chi connectivity index (χ0v) is 18.6. The van der Waals surface area contributed by atoms with E-state index in [1.165, 1.54) is 35.1 Å². The standard InChI is InChI=1S/C21H21N7OS2/c1-11-16(30-20(22)26-11)8-15(17-12(2)27-21(23)31-17)28-19(29)14-9-24-18(25-10-14)13-6-4-3-5-7-13/h3-7,9-10,15H,8H2,1-2H3,(H2,22,26)(H2,23,27)(H,28,29). The van der Waals surface area contributed by atoms with Crippen molar-refractivity contribution in [2.45, 2.75) is 26.3 Å². The lowest BCUT2D eigenvalue weighted by atomic mass is 10.1. The molecule has 1 atom stereocenters. The van der Waals surface area contributed by atoms with Crippen molar-refractivity contribution in [1.82, 2.24) is 25.3 Å². The van der Waals surface area contributed by atoms with Crippen LogP contribution in [-0.2, 0) is 6.42 Å². The predicted molar refractivity (Wildman–Crippen MR) is 124 cm³/mol. The number of hydrogen-bond acceptors (Lipinski definition) is 9. The topological polar surface area (TPSA) is 133 Å². The lowest BCUT2D eigenvalue weighted by Gasteiger charge is -2.18. The molecule has 3 aromatic heterocycles. The molecule has 31 heavy (non-hydrogen) atoms. The van der Waals surface area contributed by atoms with E-state index in [-0.39, 0.29) is 11.9 Å². The average molecular weight is 452 g/mol. The Morgan fingerprint density at radius 3 is 2.23 bits per heavy atom. The maximum atomic E-state index is 13.0. The molecule has 0 aliphatic heterocycles. The predicted octanol–water partition coefficient (Wildman–Crippen LogP) is 3.55. The molecular formula is C21H21N7OS2. The Labute approximate surface area is 187 Å². The van der Waals surface area contributed by atoms with Crippen LogP contribution in [0.25, 0.3) is 11.4 Å². The number of nitrogens with zero attached hydrogens (tertiary/aromatic N) is 4. The van der Waals surface area contributed by atoms with Crippen LogP contribution in [0.2, 0.25) is 0 Å². The second kappa shape index (κ2) is 8.78. The zero-order valence-electron chi connectivity index (χ0n) is 17.0. The number of nitrogens with one attached hydrogen (secondary N) is 1. The molecule has 0 radical (unpaired) electrons. The van der Waals surface area contributed by atoms with Gasteiger partial charge < -0.3 is 16.8 Å². The minimum absolute atomic E-state index is 0.272. The van der Waals surface area contributed by atoms with E-state index in [2.05, 4.69) is 25.3 Å². The van der Waals surface area contributed by atoms with Gasteiger partial charge in [0, 0.05) is 29.3 Å². The number of aromatic nitrogens is 4. The number of carbonyl (C=O) groups is 1. The maximum Gasteiger partial charge on any atom is 0.254 e. The van der Waals surface area contributed by atoms with E-state index in [0.717, 1.165) is 26.7 Å². The van der Waals surface area contributed by atoms with Gasteiger partial charge in [0.25, 0.3) is 5.91 Å².